The number of carboxylic acid groups (broad SMARTS) is 1. The van der Waals surface area contributed by atoms with E-state index in [-0.39, 0.29) is 27.0 Å². The zero-order valence-electron chi connectivity index (χ0n) is 14.1. The smallest absolute Gasteiger partial charge is 0.336 e. The van der Waals surface area contributed by atoms with Crippen molar-refractivity contribution in [2.45, 2.75) is 0 Å². The van der Waals surface area contributed by atoms with Crippen molar-refractivity contribution < 1.29 is 19.4 Å². The molecule has 6 nitrogen and oxygen atoms in total. The van der Waals surface area contributed by atoms with E-state index in [0.29, 0.717) is 28.2 Å². The van der Waals surface area contributed by atoms with Crippen molar-refractivity contribution in [3.8, 4) is 11.1 Å². The fourth-order valence-electron chi connectivity index (χ4n) is 3.26. The molecule has 0 fully saturated rings. The van der Waals surface area contributed by atoms with Gasteiger partial charge in [0.15, 0.2) is 5.43 Å². The summed E-state index contributed by atoms with van der Waals surface area (Å²) in [6.45, 7) is 0. The normalized spacial score (nSPS) is 12.0. The minimum atomic E-state index is -1.14. The first-order valence-electron chi connectivity index (χ1n) is 8.12. The van der Waals surface area contributed by atoms with Crippen LogP contribution in [0.4, 0.5) is 0 Å². The standard InChI is InChI=1S/C21H11ClO6/c22-15-7-13-18(8-17(15)25)28-20-12(5-6-16(24)14(20)9-23)19(13)10-3-1-2-4-11(10)21(26)27/h1-9,23H,(H,26,27)/b14-9-. The quantitative estimate of drug-likeness (QED) is 0.505. The minimum absolute atomic E-state index is 0.0272. The lowest BCUT2D eigenvalue weighted by Gasteiger charge is -2.13. The van der Waals surface area contributed by atoms with E-state index in [1.165, 1.54) is 30.3 Å². The van der Waals surface area contributed by atoms with Crippen LogP contribution in [0.15, 0.2) is 62.5 Å². The van der Waals surface area contributed by atoms with Crippen LogP contribution in [-0.2, 0) is 0 Å². The molecule has 0 spiro atoms. The molecule has 1 heterocycles. The highest BCUT2D eigenvalue weighted by Gasteiger charge is 2.20. The van der Waals surface area contributed by atoms with Gasteiger partial charge < -0.3 is 14.6 Å². The molecule has 0 aliphatic carbocycles. The monoisotopic (exact) mass is 394 g/mol. The number of fused-ring (bicyclic) bond motifs is 2. The molecule has 0 aliphatic rings. The van der Waals surface area contributed by atoms with Crippen LogP contribution in [0.5, 0.6) is 0 Å². The molecular weight excluding hydrogens is 384 g/mol. The number of benzene rings is 3. The highest BCUT2D eigenvalue weighted by atomic mass is 35.5. The van der Waals surface area contributed by atoms with Gasteiger partial charge in [0.1, 0.15) is 11.2 Å². The number of carbonyl (C=O) groups is 1. The fourth-order valence-corrected chi connectivity index (χ4v) is 3.42. The predicted octanol–water partition coefficient (Wildman–Crippen LogP) is 3.34. The minimum Gasteiger partial charge on any atom is -0.515 e. The lowest BCUT2D eigenvalue weighted by molar-refractivity contribution is 0.0697. The Labute approximate surface area is 161 Å². The average Bonchev–Trinajstić information content (AvgIpc) is 2.67. The van der Waals surface area contributed by atoms with Gasteiger partial charge in [0.05, 0.1) is 22.1 Å². The van der Waals surface area contributed by atoms with E-state index in [9.17, 15) is 24.6 Å². The van der Waals surface area contributed by atoms with E-state index in [0.717, 1.165) is 0 Å². The third-order valence-corrected chi connectivity index (χ3v) is 4.79. The van der Waals surface area contributed by atoms with E-state index in [1.807, 2.05) is 0 Å². The number of aromatic carboxylic acids is 1. The zero-order chi connectivity index (χ0) is 20.0. The van der Waals surface area contributed by atoms with Crippen molar-refractivity contribution in [1.29, 1.82) is 0 Å². The van der Waals surface area contributed by atoms with Gasteiger partial charge in [0.2, 0.25) is 5.43 Å². The second-order valence-corrected chi connectivity index (χ2v) is 6.50. The molecule has 2 N–H and O–H groups in total. The largest absolute Gasteiger partial charge is 0.515 e. The van der Waals surface area contributed by atoms with Crippen LogP contribution in [0.2, 0.25) is 5.02 Å². The zero-order valence-corrected chi connectivity index (χ0v) is 14.9. The maximum Gasteiger partial charge on any atom is 0.336 e. The SMILES string of the molecule is O=C(O)c1ccccc1-c1c2cc(Cl)c(=O)cc2oc2/c(=C\O)c(=O)ccc12. The molecule has 7 heteroatoms. The number of aliphatic hydroxyl groups excluding tert-OH is 1. The molecule has 0 amide bonds. The van der Waals surface area contributed by atoms with Crippen molar-refractivity contribution in [1.82, 2.24) is 0 Å². The summed E-state index contributed by atoms with van der Waals surface area (Å²) in [7, 11) is 0. The van der Waals surface area contributed by atoms with Crippen LogP contribution in [0.1, 0.15) is 10.4 Å². The van der Waals surface area contributed by atoms with Crippen molar-refractivity contribution in [2.75, 3.05) is 0 Å². The topological polar surface area (TPSA) is 105 Å². The van der Waals surface area contributed by atoms with Gasteiger partial charge in [0.25, 0.3) is 0 Å². The second-order valence-electron chi connectivity index (χ2n) is 6.09. The molecule has 0 saturated carbocycles. The molecule has 0 atom stereocenters. The van der Waals surface area contributed by atoms with Crippen molar-refractivity contribution >= 4 is 45.8 Å². The van der Waals surface area contributed by atoms with Crippen molar-refractivity contribution in [3.63, 3.8) is 0 Å². The molecule has 0 bridgehead atoms. The Kier molecular flexibility index (Phi) is 4.13. The second kappa shape index (κ2) is 6.51. The Bertz CT molecular complexity index is 1450. The van der Waals surface area contributed by atoms with Gasteiger partial charge in [-0.3, -0.25) is 9.59 Å². The summed E-state index contributed by atoms with van der Waals surface area (Å²) in [6, 6.07) is 11.6. The Morgan fingerprint density at radius 3 is 2.46 bits per heavy atom. The van der Waals surface area contributed by atoms with Crippen LogP contribution in [0.3, 0.4) is 0 Å². The van der Waals surface area contributed by atoms with Crippen LogP contribution in [-0.4, -0.2) is 16.2 Å². The molecular formula is C21H11ClO6. The molecule has 0 saturated heterocycles. The summed E-state index contributed by atoms with van der Waals surface area (Å²) in [5, 5.41) is 19.8. The molecule has 4 aromatic rings. The Morgan fingerprint density at radius 2 is 1.75 bits per heavy atom. The van der Waals surface area contributed by atoms with Gasteiger partial charge in [-0.25, -0.2) is 4.79 Å². The summed E-state index contributed by atoms with van der Waals surface area (Å²) in [6.07, 6.45) is 0.626. The maximum atomic E-state index is 12.1. The first-order chi connectivity index (χ1) is 13.4. The first-order valence-corrected chi connectivity index (χ1v) is 8.50. The number of hydrogen-bond acceptors (Lipinski definition) is 5. The number of hydrogen-bond donors (Lipinski definition) is 2. The van der Waals surface area contributed by atoms with Gasteiger partial charge in [-0.1, -0.05) is 29.8 Å². The maximum absolute atomic E-state index is 12.1. The molecule has 0 radical (unpaired) electrons. The lowest BCUT2D eigenvalue weighted by atomic mass is 9.93. The van der Waals surface area contributed by atoms with Gasteiger partial charge in [-0.05, 0) is 29.8 Å². The van der Waals surface area contributed by atoms with Crippen molar-refractivity contribution in [2.24, 2.45) is 0 Å². The van der Waals surface area contributed by atoms with E-state index in [1.54, 1.807) is 18.2 Å². The van der Waals surface area contributed by atoms with E-state index >= 15 is 0 Å². The molecule has 3 aromatic carbocycles. The third kappa shape index (κ3) is 2.62. The molecule has 28 heavy (non-hydrogen) atoms. The Balaban J connectivity index is 2.36. The van der Waals surface area contributed by atoms with Gasteiger partial charge in [-0.2, -0.15) is 0 Å². The summed E-state index contributed by atoms with van der Waals surface area (Å²) in [5.74, 6) is -1.14. The van der Waals surface area contributed by atoms with E-state index < -0.39 is 16.8 Å². The number of carboxylic acids is 1. The lowest BCUT2D eigenvalue weighted by Crippen LogP contribution is -2.24. The molecule has 138 valence electrons. The Hall–Kier alpha value is -3.64. The summed E-state index contributed by atoms with van der Waals surface area (Å²) in [4.78, 5) is 35.9. The molecule has 1 aromatic heterocycles. The fraction of sp³-hybridized carbons (Fsp3) is 0. The number of halogens is 1. The summed E-state index contributed by atoms with van der Waals surface area (Å²) in [5.41, 5.74) is 0.0104. The van der Waals surface area contributed by atoms with Crippen LogP contribution >= 0.6 is 11.6 Å². The van der Waals surface area contributed by atoms with Crippen LogP contribution < -0.4 is 16.1 Å². The number of rotatable bonds is 2. The molecule has 0 aliphatic heterocycles. The van der Waals surface area contributed by atoms with Crippen LogP contribution in [0, 0.1) is 0 Å². The van der Waals surface area contributed by atoms with Crippen molar-refractivity contribution in [3.05, 3.63) is 84.8 Å². The van der Waals surface area contributed by atoms with E-state index in [4.69, 9.17) is 16.0 Å². The Morgan fingerprint density at radius 1 is 1.00 bits per heavy atom. The molecule has 4 rings (SSSR count). The predicted molar refractivity (Wildman–Crippen MR) is 106 cm³/mol. The average molecular weight is 395 g/mol. The highest BCUT2D eigenvalue weighted by molar-refractivity contribution is 6.31. The van der Waals surface area contributed by atoms with E-state index in [2.05, 4.69) is 0 Å². The van der Waals surface area contributed by atoms with Gasteiger partial charge >= 0.3 is 5.97 Å². The highest BCUT2D eigenvalue weighted by Crippen LogP contribution is 2.37. The summed E-state index contributed by atoms with van der Waals surface area (Å²) < 4.78 is 5.75. The molecule has 0 unspecified atom stereocenters. The first kappa shape index (κ1) is 17.8. The summed E-state index contributed by atoms with van der Waals surface area (Å²) >= 11 is 6.02. The third-order valence-electron chi connectivity index (χ3n) is 4.50. The van der Waals surface area contributed by atoms with Gasteiger partial charge in [0, 0.05) is 22.4 Å². The van der Waals surface area contributed by atoms with Gasteiger partial charge in [-0.15, -0.1) is 0 Å². The van der Waals surface area contributed by atoms with Crippen LogP contribution in [0.25, 0.3) is 39.3 Å². The number of aliphatic hydroxyl groups is 1.